The summed E-state index contributed by atoms with van der Waals surface area (Å²) in [5.74, 6) is 0.127. The van der Waals surface area contributed by atoms with Crippen molar-refractivity contribution in [2.24, 2.45) is 0 Å². The molecule has 2 amide bonds. The predicted octanol–water partition coefficient (Wildman–Crippen LogP) is 3.98. The number of benzene rings is 2. The highest BCUT2D eigenvalue weighted by Crippen LogP contribution is 2.47. The largest absolute Gasteiger partial charge is 0.450 e. The van der Waals surface area contributed by atoms with Crippen molar-refractivity contribution in [3.63, 3.8) is 0 Å². The molecule has 0 N–H and O–H groups in total. The maximum Gasteiger partial charge on any atom is 0.409 e. The van der Waals surface area contributed by atoms with Gasteiger partial charge in [0.2, 0.25) is 5.91 Å². The van der Waals surface area contributed by atoms with Crippen LogP contribution < -0.4 is 4.90 Å². The van der Waals surface area contributed by atoms with Crippen LogP contribution in [0.25, 0.3) is 0 Å². The van der Waals surface area contributed by atoms with Gasteiger partial charge in [-0.15, -0.1) is 0 Å². The van der Waals surface area contributed by atoms with Gasteiger partial charge in [-0.3, -0.25) is 4.79 Å². The molecular weight excluding hydrogens is 386 g/mol. The number of amides is 2. The fourth-order valence-corrected chi connectivity index (χ4v) is 4.84. The molecule has 2 aliphatic rings. The Bertz CT molecular complexity index is 851. The lowest BCUT2D eigenvalue weighted by Crippen LogP contribution is -2.51. The van der Waals surface area contributed by atoms with E-state index in [1.807, 2.05) is 29.2 Å². The minimum Gasteiger partial charge on any atom is -0.450 e. The van der Waals surface area contributed by atoms with Crippen molar-refractivity contribution in [1.82, 2.24) is 9.80 Å². The van der Waals surface area contributed by atoms with Gasteiger partial charge in [0.25, 0.3) is 0 Å². The van der Waals surface area contributed by atoms with E-state index < -0.39 is 0 Å². The van der Waals surface area contributed by atoms with Crippen LogP contribution in [0.3, 0.4) is 0 Å². The molecule has 1 fully saturated rings. The van der Waals surface area contributed by atoms with E-state index in [9.17, 15) is 9.59 Å². The molecule has 2 aromatic rings. The van der Waals surface area contributed by atoms with E-state index in [1.54, 1.807) is 23.6 Å². The first-order valence-corrected chi connectivity index (χ1v) is 10.8. The average Bonchev–Trinajstić information content (AvgIpc) is 2.76. The smallest absolute Gasteiger partial charge is 0.409 e. The molecule has 4 rings (SSSR count). The first kappa shape index (κ1) is 19.6. The van der Waals surface area contributed by atoms with Crippen LogP contribution in [0.5, 0.6) is 0 Å². The van der Waals surface area contributed by atoms with Crippen molar-refractivity contribution in [2.75, 3.05) is 44.2 Å². The van der Waals surface area contributed by atoms with Crippen molar-refractivity contribution in [2.45, 2.75) is 23.1 Å². The lowest BCUT2D eigenvalue weighted by molar-refractivity contribution is -0.132. The number of para-hydroxylation sites is 2. The summed E-state index contributed by atoms with van der Waals surface area (Å²) in [6.45, 7) is 4.96. The summed E-state index contributed by atoms with van der Waals surface area (Å²) in [4.78, 5) is 32.8. The highest BCUT2D eigenvalue weighted by atomic mass is 32.2. The molecule has 0 spiro atoms. The van der Waals surface area contributed by atoms with Crippen LogP contribution in [0, 0.1) is 0 Å². The summed E-state index contributed by atoms with van der Waals surface area (Å²) in [5, 5.41) is 0. The standard InChI is InChI=1S/C22H25N3O3S/c1-2-28-22(27)24-15-13-23(14-16-24)21(26)11-12-25-17-7-3-5-9-19(17)29-20-10-6-4-8-18(20)25/h3-10H,2,11-16H2,1H3. The molecule has 152 valence electrons. The average molecular weight is 412 g/mol. The Hall–Kier alpha value is -2.67. The molecule has 0 atom stereocenters. The van der Waals surface area contributed by atoms with Crippen molar-refractivity contribution in [1.29, 1.82) is 0 Å². The predicted molar refractivity (Wildman–Crippen MR) is 114 cm³/mol. The molecule has 2 aliphatic heterocycles. The van der Waals surface area contributed by atoms with E-state index in [4.69, 9.17) is 4.74 Å². The number of rotatable bonds is 4. The van der Waals surface area contributed by atoms with Gasteiger partial charge < -0.3 is 19.4 Å². The van der Waals surface area contributed by atoms with Crippen LogP contribution in [0.2, 0.25) is 0 Å². The first-order chi connectivity index (χ1) is 14.2. The zero-order chi connectivity index (χ0) is 20.2. The monoisotopic (exact) mass is 411 g/mol. The molecule has 0 saturated carbocycles. The number of hydrogen-bond acceptors (Lipinski definition) is 5. The molecule has 1 saturated heterocycles. The van der Waals surface area contributed by atoms with Crippen LogP contribution >= 0.6 is 11.8 Å². The van der Waals surface area contributed by atoms with Gasteiger partial charge in [0.05, 0.1) is 18.0 Å². The Labute approximate surface area is 175 Å². The van der Waals surface area contributed by atoms with Crippen LogP contribution in [-0.2, 0) is 9.53 Å². The second kappa shape index (κ2) is 8.78. The van der Waals surface area contributed by atoms with Gasteiger partial charge in [-0.2, -0.15) is 0 Å². The second-order valence-corrected chi connectivity index (χ2v) is 8.09. The number of hydrogen-bond donors (Lipinski definition) is 0. The van der Waals surface area contributed by atoms with Gasteiger partial charge in [-0.25, -0.2) is 4.79 Å². The molecule has 0 aromatic heterocycles. The van der Waals surface area contributed by atoms with E-state index in [0.29, 0.717) is 45.8 Å². The van der Waals surface area contributed by atoms with Gasteiger partial charge in [0.1, 0.15) is 0 Å². The number of carbonyl (C=O) groups excluding carboxylic acids is 2. The van der Waals surface area contributed by atoms with Gasteiger partial charge in [0.15, 0.2) is 0 Å². The fraction of sp³-hybridized carbons (Fsp3) is 0.364. The quantitative estimate of drug-likeness (QED) is 0.762. The molecule has 29 heavy (non-hydrogen) atoms. The number of ether oxygens (including phenoxy) is 1. The Morgan fingerprint density at radius 3 is 2.03 bits per heavy atom. The molecular formula is C22H25N3O3S. The molecule has 0 radical (unpaired) electrons. The third-order valence-corrected chi connectivity index (χ3v) is 6.37. The molecule has 7 heteroatoms. The summed E-state index contributed by atoms with van der Waals surface area (Å²) in [6.07, 6.45) is 0.144. The zero-order valence-corrected chi connectivity index (χ0v) is 17.4. The van der Waals surface area contributed by atoms with Crippen LogP contribution in [0.15, 0.2) is 58.3 Å². The SMILES string of the molecule is CCOC(=O)N1CCN(C(=O)CCN2c3ccccc3Sc3ccccc32)CC1. The lowest BCUT2D eigenvalue weighted by Gasteiger charge is -2.35. The third kappa shape index (κ3) is 4.19. The molecule has 0 bridgehead atoms. The number of anilines is 2. The van der Waals surface area contributed by atoms with E-state index in [1.165, 1.54) is 9.79 Å². The summed E-state index contributed by atoms with van der Waals surface area (Å²) in [6, 6.07) is 16.6. The topological polar surface area (TPSA) is 53.1 Å². The Kier molecular flexibility index (Phi) is 5.94. The minimum absolute atomic E-state index is 0.127. The Morgan fingerprint density at radius 1 is 0.897 bits per heavy atom. The van der Waals surface area contributed by atoms with E-state index >= 15 is 0 Å². The van der Waals surface area contributed by atoms with Crippen LogP contribution in [-0.4, -0.2) is 61.1 Å². The van der Waals surface area contributed by atoms with Crippen LogP contribution in [0.4, 0.5) is 16.2 Å². The maximum absolute atomic E-state index is 12.8. The van der Waals surface area contributed by atoms with Crippen molar-refractivity contribution in [3.8, 4) is 0 Å². The summed E-state index contributed by atoms with van der Waals surface area (Å²) >= 11 is 1.77. The van der Waals surface area contributed by atoms with Gasteiger partial charge >= 0.3 is 6.09 Å². The molecule has 0 aliphatic carbocycles. The summed E-state index contributed by atoms with van der Waals surface area (Å²) in [7, 11) is 0. The Balaban J connectivity index is 1.40. The second-order valence-electron chi connectivity index (χ2n) is 7.01. The lowest BCUT2D eigenvalue weighted by atomic mass is 10.2. The third-order valence-electron chi connectivity index (χ3n) is 5.24. The summed E-state index contributed by atoms with van der Waals surface area (Å²) < 4.78 is 5.05. The van der Waals surface area contributed by atoms with Crippen molar-refractivity contribution >= 4 is 35.1 Å². The fourth-order valence-electron chi connectivity index (χ4n) is 3.74. The van der Waals surface area contributed by atoms with Gasteiger partial charge in [-0.1, -0.05) is 36.0 Å². The molecule has 2 heterocycles. The van der Waals surface area contributed by atoms with Gasteiger partial charge in [-0.05, 0) is 31.2 Å². The van der Waals surface area contributed by atoms with E-state index in [2.05, 4.69) is 29.2 Å². The van der Waals surface area contributed by atoms with Crippen LogP contribution in [0.1, 0.15) is 13.3 Å². The molecule has 6 nitrogen and oxygen atoms in total. The first-order valence-electron chi connectivity index (χ1n) is 10.0. The van der Waals surface area contributed by atoms with E-state index in [0.717, 1.165) is 11.4 Å². The highest BCUT2D eigenvalue weighted by molar-refractivity contribution is 7.99. The Morgan fingerprint density at radius 2 is 1.45 bits per heavy atom. The highest BCUT2D eigenvalue weighted by Gasteiger charge is 2.27. The number of carbonyl (C=O) groups is 2. The summed E-state index contributed by atoms with van der Waals surface area (Å²) in [5.41, 5.74) is 2.30. The van der Waals surface area contributed by atoms with Gasteiger partial charge in [0, 0.05) is 48.9 Å². The normalized spacial score (nSPS) is 15.6. The van der Waals surface area contributed by atoms with Crippen molar-refractivity contribution < 1.29 is 14.3 Å². The zero-order valence-electron chi connectivity index (χ0n) is 16.5. The molecule has 2 aromatic carbocycles. The van der Waals surface area contributed by atoms with E-state index in [-0.39, 0.29) is 12.0 Å². The van der Waals surface area contributed by atoms with Crippen molar-refractivity contribution in [3.05, 3.63) is 48.5 Å². The minimum atomic E-state index is -0.293. The number of fused-ring (bicyclic) bond motifs is 2. The molecule has 0 unspecified atom stereocenters. The number of piperazine rings is 1. The maximum atomic E-state index is 12.8. The number of nitrogens with zero attached hydrogens (tertiary/aromatic N) is 3.